The van der Waals surface area contributed by atoms with Crippen molar-refractivity contribution in [1.29, 1.82) is 0 Å². The lowest BCUT2D eigenvalue weighted by molar-refractivity contribution is -0.0244. The van der Waals surface area contributed by atoms with E-state index in [2.05, 4.69) is 94.7 Å². The molecule has 0 spiro atoms. The van der Waals surface area contributed by atoms with Crippen molar-refractivity contribution < 1.29 is 27.6 Å². The van der Waals surface area contributed by atoms with E-state index in [1.165, 1.54) is 23.3 Å². The Morgan fingerprint density at radius 2 is 1.57 bits per heavy atom. The average molecular weight is 872 g/mol. The van der Waals surface area contributed by atoms with E-state index in [1.807, 2.05) is 68.8 Å². The van der Waals surface area contributed by atoms with Gasteiger partial charge in [0.25, 0.3) is 0 Å². The molecule has 0 saturated carbocycles. The van der Waals surface area contributed by atoms with Crippen LogP contribution in [0, 0.1) is 18.8 Å². The minimum absolute atomic E-state index is 0.0793. The van der Waals surface area contributed by atoms with E-state index in [9.17, 15) is 4.79 Å². The first-order valence-electron chi connectivity index (χ1n) is 20.4. The van der Waals surface area contributed by atoms with Gasteiger partial charge in [0.05, 0.1) is 22.7 Å². The Balaban J connectivity index is 1.43. The van der Waals surface area contributed by atoms with Gasteiger partial charge in [0.15, 0.2) is 34.4 Å². The van der Waals surface area contributed by atoms with Crippen LogP contribution in [0.5, 0.6) is 0 Å². The Hall–Kier alpha value is -4.25. The fraction of sp³-hybridized carbons (Fsp3) is 0.523. The summed E-state index contributed by atoms with van der Waals surface area (Å²) in [6.07, 6.45) is 3.85. The van der Waals surface area contributed by atoms with E-state index >= 15 is 0 Å². The number of rotatable bonds is 10. The zero-order chi connectivity index (χ0) is 44.0. The van der Waals surface area contributed by atoms with Gasteiger partial charge in [0.1, 0.15) is 35.6 Å². The zero-order valence-electron chi connectivity index (χ0n) is 37.5. The van der Waals surface area contributed by atoms with E-state index in [4.69, 9.17) is 33.6 Å². The molecule has 5 aromatic rings. The van der Waals surface area contributed by atoms with Gasteiger partial charge in [0, 0.05) is 41.2 Å². The van der Waals surface area contributed by atoms with Crippen molar-refractivity contribution in [3.05, 3.63) is 77.9 Å². The number of imidazole rings is 1. The van der Waals surface area contributed by atoms with Crippen LogP contribution in [0.3, 0.4) is 0 Å². The molecule has 13 nitrogen and oxygen atoms in total. The lowest BCUT2D eigenvalue weighted by Gasteiger charge is -2.44. The second-order valence-electron chi connectivity index (χ2n) is 19.5. The highest BCUT2D eigenvalue weighted by Crippen LogP contribution is 2.47. The summed E-state index contributed by atoms with van der Waals surface area (Å²) in [6, 6.07) is 10.1. The summed E-state index contributed by atoms with van der Waals surface area (Å²) in [5.41, 5.74) is 9.89. The molecule has 1 aliphatic rings. The number of aromatic nitrogens is 6. The molecule has 16 heteroatoms. The second-order valence-corrected chi connectivity index (χ2v) is 30.0. The highest BCUT2D eigenvalue weighted by Gasteiger charge is 2.54. The van der Waals surface area contributed by atoms with Gasteiger partial charge >= 0.3 is 6.09 Å². The van der Waals surface area contributed by atoms with Crippen LogP contribution >= 0.6 is 11.8 Å². The van der Waals surface area contributed by atoms with Gasteiger partial charge < -0.3 is 33.1 Å². The van der Waals surface area contributed by atoms with Crippen molar-refractivity contribution in [2.45, 2.75) is 141 Å². The summed E-state index contributed by atoms with van der Waals surface area (Å²) < 4.78 is 36.8. The van der Waals surface area contributed by atoms with Crippen LogP contribution in [0.2, 0.25) is 36.3 Å². The number of benzene rings is 1. The van der Waals surface area contributed by atoms with Crippen molar-refractivity contribution in [2.24, 2.45) is 0 Å². The molecule has 0 amide bonds. The van der Waals surface area contributed by atoms with Crippen LogP contribution in [0.4, 0.5) is 10.6 Å². The van der Waals surface area contributed by atoms with Crippen molar-refractivity contribution in [3.63, 3.8) is 0 Å². The first kappa shape index (κ1) is 45.3. The van der Waals surface area contributed by atoms with Crippen LogP contribution in [0.15, 0.2) is 59.8 Å². The minimum Gasteiger partial charge on any atom is -0.443 e. The molecule has 0 radical (unpaired) electrons. The Morgan fingerprint density at radius 1 is 0.917 bits per heavy atom. The molecule has 1 saturated heterocycles. The number of anilines is 1. The third kappa shape index (κ3) is 9.61. The molecule has 1 fully saturated rings. The van der Waals surface area contributed by atoms with Crippen LogP contribution < -0.4 is 5.73 Å². The third-order valence-corrected chi connectivity index (χ3v) is 21.8. The lowest BCUT2D eigenvalue weighted by atomic mass is 10.1. The molecule has 1 aliphatic heterocycles. The van der Waals surface area contributed by atoms with E-state index in [1.54, 1.807) is 11.8 Å². The maximum atomic E-state index is 13.0. The summed E-state index contributed by atoms with van der Waals surface area (Å²) in [5, 5.41) is 4.71. The maximum Gasteiger partial charge on any atom is 0.420 e. The summed E-state index contributed by atoms with van der Waals surface area (Å²) in [6.45, 7) is 29.9. The predicted molar refractivity (Wildman–Crippen MR) is 243 cm³/mol. The topological polar surface area (TPSA) is 155 Å². The minimum atomic E-state index is -2.45. The molecule has 5 heterocycles. The fourth-order valence-electron chi connectivity index (χ4n) is 6.39. The van der Waals surface area contributed by atoms with Crippen molar-refractivity contribution >= 4 is 51.3 Å². The largest absolute Gasteiger partial charge is 0.443 e. The molecular formula is C44H61N7O6SSi2. The number of hydrogen-bond acceptors (Lipinski definition) is 12. The average Bonchev–Trinajstić information content (AvgIpc) is 3.92. The first-order valence-corrected chi connectivity index (χ1v) is 27.3. The second kappa shape index (κ2) is 16.9. The molecule has 322 valence electrons. The number of ether oxygens (including phenoxy) is 2. The molecule has 0 bridgehead atoms. The zero-order valence-corrected chi connectivity index (χ0v) is 40.4. The Labute approximate surface area is 360 Å². The number of carbonyl (C=O) groups is 1. The first-order chi connectivity index (χ1) is 27.9. The smallest absolute Gasteiger partial charge is 0.420 e. The molecule has 1 aromatic carbocycles. The van der Waals surface area contributed by atoms with Crippen LogP contribution in [-0.2, 0) is 24.1 Å². The number of nitrogen functional groups attached to an aromatic ring is 1. The van der Waals surface area contributed by atoms with E-state index in [0.29, 0.717) is 28.1 Å². The van der Waals surface area contributed by atoms with E-state index < -0.39 is 46.8 Å². The highest BCUT2D eigenvalue weighted by molar-refractivity contribution is 7.98. The van der Waals surface area contributed by atoms with Gasteiger partial charge in [-0.2, -0.15) is 11.8 Å². The number of fused-ring (bicyclic) bond motifs is 1. The number of aryl methyl sites for hydroxylation is 1. The molecule has 2 N–H and O–H groups in total. The van der Waals surface area contributed by atoms with Gasteiger partial charge in [-0.25, -0.2) is 24.3 Å². The summed E-state index contributed by atoms with van der Waals surface area (Å²) in [4.78, 5) is 26.5. The normalized spacial score (nSPS) is 19.1. The molecule has 4 aromatic heterocycles. The number of hydrogen-bond donors (Lipinski definition) is 1. The van der Waals surface area contributed by atoms with Gasteiger partial charge in [0.2, 0.25) is 0 Å². The summed E-state index contributed by atoms with van der Waals surface area (Å²) in [7, 11) is -4.84. The maximum absolute atomic E-state index is 13.0. The van der Waals surface area contributed by atoms with E-state index in [0.717, 1.165) is 22.6 Å². The Morgan fingerprint density at radius 3 is 2.20 bits per heavy atom. The molecule has 0 aliphatic carbocycles. The lowest BCUT2D eigenvalue weighted by Crippen LogP contribution is -2.53. The molecule has 60 heavy (non-hydrogen) atoms. The highest BCUT2D eigenvalue weighted by atomic mass is 32.2. The van der Waals surface area contributed by atoms with Crippen LogP contribution in [0.1, 0.15) is 91.2 Å². The van der Waals surface area contributed by atoms with Gasteiger partial charge in [-0.15, -0.1) is 0 Å². The SMILES string of the molecule is Cc1noc(-c2ccccc2)c1CSC[C@H]1O[C@@H](n2cc(C#Cc3nccn3C(=O)OC(C)(C)C)c3c(N)ncnc32)[C@H](O[Si](C)(C)C(C)(C)C)[C@@H]1O[Si](C)(C)C(C)(C)C. The number of thioether (sulfide) groups is 1. The van der Waals surface area contributed by atoms with Crippen molar-refractivity contribution in [3.8, 4) is 23.2 Å². The van der Waals surface area contributed by atoms with Crippen LogP contribution in [-0.4, -0.2) is 81.6 Å². The third-order valence-electron chi connectivity index (χ3n) is 11.8. The molecular weight excluding hydrogens is 811 g/mol. The Kier molecular flexibility index (Phi) is 12.8. The predicted octanol–water partition coefficient (Wildman–Crippen LogP) is 9.97. The van der Waals surface area contributed by atoms with Crippen LogP contribution in [0.25, 0.3) is 22.4 Å². The quantitative estimate of drug-likeness (QED) is 0.105. The molecule has 4 atom stereocenters. The fourth-order valence-corrected chi connectivity index (χ4v) is 10.2. The number of carbonyl (C=O) groups excluding carboxylic acids is 1. The van der Waals surface area contributed by atoms with Gasteiger partial charge in [-0.1, -0.05) is 83.0 Å². The molecule has 6 rings (SSSR count). The number of nitrogens with two attached hydrogens (primary N) is 1. The van der Waals surface area contributed by atoms with Gasteiger partial charge in [-0.3, -0.25) is 0 Å². The Bertz CT molecular complexity index is 2380. The van der Waals surface area contributed by atoms with E-state index in [-0.39, 0.29) is 27.8 Å². The summed E-state index contributed by atoms with van der Waals surface area (Å²) >= 11 is 1.76. The van der Waals surface area contributed by atoms with Crippen molar-refractivity contribution in [1.82, 2.24) is 29.2 Å². The van der Waals surface area contributed by atoms with Gasteiger partial charge in [-0.05, 0) is 69.9 Å². The number of nitrogens with zero attached hydrogens (tertiary/aromatic N) is 6. The molecule has 0 unspecified atom stereocenters. The van der Waals surface area contributed by atoms with Crippen molar-refractivity contribution in [2.75, 3.05) is 11.5 Å². The summed E-state index contributed by atoms with van der Waals surface area (Å²) in [5.74, 6) is 8.83. The monoisotopic (exact) mass is 871 g/mol. The standard InChI is InChI=1S/C44H61N7O6SSi2/c1-28-31(35(55-49-28)29-18-16-15-17-19-29)25-58-26-32-36(56-59(11,12)43(5,6)7)37(57-60(13,14)44(8,9)10)40(53-32)51-24-30(34-38(45)47-27-48-39(34)51)20-21-33-46-22-23-50(33)41(52)54-42(2,3)4/h15-19,22-24,27,32,36-37,40H,25-26H2,1-14H3,(H2,45,47,48)/t32-,36-,37-,40-/m1/s1.